The molecule has 0 fully saturated rings. The molecule has 0 amide bonds. The molecule has 0 aliphatic carbocycles. The zero-order valence-electron chi connectivity index (χ0n) is 12.5. The molecule has 0 saturated carbocycles. The summed E-state index contributed by atoms with van der Waals surface area (Å²) in [6.45, 7) is 2.08. The van der Waals surface area contributed by atoms with Crippen molar-refractivity contribution in [1.82, 2.24) is 9.55 Å². The van der Waals surface area contributed by atoms with Crippen LogP contribution >= 0.6 is 11.6 Å². The van der Waals surface area contributed by atoms with E-state index in [2.05, 4.69) is 51.7 Å². The Morgan fingerprint density at radius 2 is 1.90 bits per heavy atom. The largest absolute Gasteiger partial charge is 0.376 e. The Morgan fingerprint density at radius 3 is 2.62 bits per heavy atom. The number of hydrogen-bond donors (Lipinski definition) is 0. The molecule has 0 saturated heterocycles. The second kappa shape index (κ2) is 5.41. The van der Waals surface area contributed by atoms with Crippen molar-refractivity contribution >= 4 is 28.3 Å². The van der Waals surface area contributed by atoms with Crippen molar-refractivity contribution < 1.29 is 0 Å². The summed E-state index contributed by atoms with van der Waals surface area (Å²) in [5.74, 6) is 1.25. The van der Waals surface area contributed by atoms with E-state index in [1.54, 1.807) is 0 Å². The molecule has 0 aliphatic rings. The van der Waals surface area contributed by atoms with Gasteiger partial charge < -0.3 is 4.90 Å². The van der Waals surface area contributed by atoms with Crippen molar-refractivity contribution in [3.05, 3.63) is 53.9 Å². The molecular formula is C17H18ClN3. The van der Waals surface area contributed by atoms with Gasteiger partial charge in [0, 0.05) is 14.1 Å². The molecule has 0 spiro atoms. The minimum atomic E-state index is 0.384. The van der Waals surface area contributed by atoms with Gasteiger partial charge in [-0.1, -0.05) is 18.2 Å². The molecule has 0 unspecified atom stereocenters. The number of nitrogens with zero attached hydrogens (tertiary/aromatic N) is 3. The Balaban J connectivity index is 2.34. The lowest BCUT2D eigenvalue weighted by Gasteiger charge is -2.19. The summed E-state index contributed by atoms with van der Waals surface area (Å²) < 4.78 is 2.15. The van der Waals surface area contributed by atoms with Gasteiger partial charge in [0.25, 0.3) is 0 Å². The SMILES string of the molecule is Cc1ccc2c(c1)nc(CCl)n2-c1ccccc1N(C)C. The molecule has 0 aliphatic heterocycles. The second-order valence-electron chi connectivity index (χ2n) is 5.37. The fourth-order valence-corrected chi connectivity index (χ4v) is 2.81. The highest BCUT2D eigenvalue weighted by atomic mass is 35.5. The van der Waals surface area contributed by atoms with Crippen molar-refractivity contribution in [2.45, 2.75) is 12.8 Å². The lowest BCUT2D eigenvalue weighted by atomic mass is 10.2. The average Bonchev–Trinajstić information content (AvgIpc) is 2.84. The van der Waals surface area contributed by atoms with Crippen LogP contribution in [0.2, 0.25) is 0 Å². The first-order valence-corrected chi connectivity index (χ1v) is 7.46. The smallest absolute Gasteiger partial charge is 0.129 e. The van der Waals surface area contributed by atoms with Gasteiger partial charge in [-0.05, 0) is 36.8 Å². The summed E-state index contributed by atoms with van der Waals surface area (Å²) in [6.07, 6.45) is 0. The Kier molecular flexibility index (Phi) is 3.60. The number of benzene rings is 2. The fourth-order valence-electron chi connectivity index (χ4n) is 2.63. The molecule has 4 heteroatoms. The highest BCUT2D eigenvalue weighted by Gasteiger charge is 2.15. The summed E-state index contributed by atoms with van der Waals surface area (Å²) in [6, 6.07) is 14.6. The first kappa shape index (κ1) is 14.0. The Bertz CT molecular complexity index is 790. The van der Waals surface area contributed by atoms with Gasteiger partial charge >= 0.3 is 0 Å². The number of hydrogen-bond acceptors (Lipinski definition) is 2. The van der Waals surface area contributed by atoms with Gasteiger partial charge in [0.1, 0.15) is 5.82 Å². The van der Waals surface area contributed by atoms with Crippen LogP contribution in [0.5, 0.6) is 0 Å². The first-order valence-electron chi connectivity index (χ1n) is 6.92. The molecule has 0 bridgehead atoms. The lowest BCUT2D eigenvalue weighted by molar-refractivity contribution is 0.968. The Labute approximate surface area is 129 Å². The summed E-state index contributed by atoms with van der Waals surface area (Å²) in [5, 5.41) is 0. The van der Waals surface area contributed by atoms with Gasteiger partial charge in [0.2, 0.25) is 0 Å². The number of para-hydroxylation sites is 2. The van der Waals surface area contributed by atoms with E-state index in [9.17, 15) is 0 Å². The Morgan fingerprint density at radius 1 is 1.14 bits per heavy atom. The second-order valence-corrected chi connectivity index (χ2v) is 5.64. The van der Waals surface area contributed by atoms with Gasteiger partial charge in [0.15, 0.2) is 0 Å². The number of imidazole rings is 1. The number of rotatable bonds is 3. The number of alkyl halides is 1. The third-order valence-electron chi connectivity index (χ3n) is 3.60. The molecule has 21 heavy (non-hydrogen) atoms. The highest BCUT2D eigenvalue weighted by molar-refractivity contribution is 6.17. The van der Waals surface area contributed by atoms with Crippen LogP contribution in [-0.4, -0.2) is 23.6 Å². The number of aryl methyl sites for hydroxylation is 1. The fraction of sp³-hybridized carbons (Fsp3) is 0.235. The van der Waals surface area contributed by atoms with Crippen molar-refractivity contribution in [3.63, 3.8) is 0 Å². The average molecular weight is 300 g/mol. The van der Waals surface area contributed by atoms with Gasteiger partial charge in [0.05, 0.1) is 28.3 Å². The third-order valence-corrected chi connectivity index (χ3v) is 3.84. The highest BCUT2D eigenvalue weighted by Crippen LogP contribution is 2.29. The molecule has 0 radical (unpaired) electrons. The van der Waals surface area contributed by atoms with E-state index in [-0.39, 0.29) is 0 Å². The van der Waals surface area contributed by atoms with E-state index < -0.39 is 0 Å². The standard InChI is InChI=1S/C17H18ClN3/c1-12-8-9-14-13(10-12)19-17(11-18)21(14)16-7-5-4-6-15(16)20(2)3/h4-10H,11H2,1-3H3. The maximum Gasteiger partial charge on any atom is 0.129 e. The molecule has 1 heterocycles. The van der Waals surface area contributed by atoms with E-state index in [0.717, 1.165) is 28.2 Å². The molecule has 3 aromatic rings. The van der Waals surface area contributed by atoms with Crippen LogP contribution in [0.15, 0.2) is 42.5 Å². The van der Waals surface area contributed by atoms with E-state index in [1.807, 2.05) is 26.2 Å². The third kappa shape index (κ3) is 2.38. The minimum absolute atomic E-state index is 0.384. The molecule has 3 nitrogen and oxygen atoms in total. The predicted molar refractivity (Wildman–Crippen MR) is 89.7 cm³/mol. The van der Waals surface area contributed by atoms with E-state index in [4.69, 9.17) is 11.6 Å². The maximum atomic E-state index is 6.13. The zero-order chi connectivity index (χ0) is 15.0. The number of halogens is 1. The molecule has 108 valence electrons. The van der Waals surface area contributed by atoms with Crippen LogP contribution in [-0.2, 0) is 5.88 Å². The van der Waals surface area contributed by atoms with Gasteiger partial charge in [-0.3, -0.25) is 4.57 Å². The number of anilines is 1. The van der Waals surface area contributed by atoms with Crippen LogP contribution < -0.4 is 4.90 Å². The maximum absolute atomic E-state index is 6.13. The Hall–Kier alpha value is -2.00. The van der Waals surface area contributed by atoms with Gasteiger partial charge in [-0.2, -0.15) is 0 Å². The molecule has 3 rings (SSSR count). The van der Waals surface area contributed by atoms with Crippen molar-refractivity contribution in [2.75, 3.05) is 19.0 Å². The van der Waals surface area contributed by atoms with Crippen molar-refractivity contribution in [2.24, 2.45) is 0 Å². The normalized spacial score (nSPS) is 11.0. The van der Waals surface area contributed by atoms with Crippen LogP contribution in [0.4, 0.5) is 5.69 Å². The summed E-state index contributed by atoms with van der Waals surface area (Å²) >= 11 is 6.13. The monoisotopic (exact) mass is 299 g/mol. The molecule has 1 aromatic heterocycles. The number of aromatic nitrogens is 2. The van der Waals surface area contributed by atoms with Gasteiger partial charge in [-0.15, -0.1) is 11.6 Å². The summed E-state index contributed by atoms with van der Waals surface area (Å²) in [4.78, 5) is 6.79. The van der Waals surface area contributed by atoms with Crippen molar-refractivity contribution in [1.29, 1.82) is 0 Å². The van der Waals surface area contributed by atoms with E-state index in [1.165, 1.54) is 5.56 Å². The van der Waals surface area contributed by atoms with E-state index in [0.29, 0.717) is 5.88 Å². The molecule has 0 N–H and O–H groups in total. The van der Waals surface area contributed by atoms with Gasteiger partial charge in [-0.25, -0.2) is 4.98 Å². The predicted octanol–water partition coefficient (Wildman–Crippen LogP) is 4.14. The topological polar surface area (TPSA) is 21.1 Å². The van der Waals surface area contributed by atoms with Crippen LogP contribution in [0, 0.1) is 6.92 Å². The minimum Gasteiger partial charge on any atom is -0.376 e. The quantitative estimate of drug-likeness (QED) is 0.678. The number of fused-ring (bicyclic) bond motifs is 1. The first-order chi connectivity index (χ1) is 10.1. The summed E-state index contributed by atoms with van der Waals surface area (Å²) in [7, 11) is 4.09. The van der Waals surface area contributed by atoms with E-state index >= 15 is 0 Å². The zero-order valence-corrected chi connectivity index (χ0v) is 13.2. The molecule has 2 aromatic carbocycles. The summed E-state index contributed by atoms with van der Waals surface area (Å²) in [5.41, 5.74) is 5.52. The van der Waals surface area contributed by atoms with Crippen LogP contribution in [0.1, 0.15) is 11.4 Å². The molecule has 0 atom stereocenters. The van der Waals surface area contributed by atoms with Crippen LogP contribution in [0.3, 0.4) is 0 Å². The van der Waals surface area contributed by atoms with Crippen molar-refractivity contribution in [3.8, 4) is 5.69 Å². The van der Waals surface area contributed by atoms with Crippen LogP contribution in [0.25, 0.3) is 16.7 Å². The molecular weight excluding hydrogens is 282 g/mol. The lowest BCUT2D eigenvalue weighted by Crippen LogP contribution is -2.13.